The van der Waals surface area contributed by atoms with E-state index < -0.39 is 12.6 Å². The Balaban J connectivity index is 1.85. The van der Waals surface area contributed by atoms with Gasteiger partial charge in [0.1, 0.15) is 18.0 Å². The van der Waals surface area contributed by atoms with Crippen molar-refractivity contribution in [1.29, 1.82) is 0 Å². The van der Waals surface area contributed by atoms with Gasteiger partial charge in [-0.15, -0.1) is 0 Å². The number of halogens is 2. The predicted molar refractivity (Wildman–Crippen MR) is 103 cm³/mol. The molecule has 0 saturated heterocycles. The van der Waals surface area contributed by atoms with Crippen molar-refractivity contribution in [3.63, 3.8) is 0 Å². The maximum absolute atomic E-state index is 13.7. The fraction of sp³-hybridized carbons (Fsp3) is 0.0526. The molecule has 138 valence electrons. The number of aromatic amines is 1. The summed E-state index contributed by atoms with van der Waals surface area (Å²) >= 11 is 1.09. The number of hydrogen-bond acceptors (Lipinski definition) is 5. The third-order valence-corrected chi connectivity index (χ3v) is 5.19. The Hall–Kier alpha value is -3.46. The number of fused-ring (bicyclic) bond motifs is 2. The molecule has 0 atom stereocenters. The standard InChI is InChI=1S/C19H11F2N5OS/c20-9-11-1-3-14-18(23-11)26(17(24-14)10-5-6-22-16(21)7-10)12-2-4-13-15(8-12)28-19(27)25-13/h1-8H,9H2,(H,25,27). The highest BCUT2D eigenvalue weighted by molar-refractivity contribution is 7.16. The van der Waals surface area contributed by atoms with Gasteiger partial charge in [0.15, 0.2) is 5.65 Å². The number of aromatic nitrogens is 5. The molecule has 0 fully saturated rings. The lowest BCUT2D eigenvalue weighted by atomic mass is 10.2. The minimum Gasteiger partial charge on any atom is -0.312 e. The summed E-state index contributed by atoms with van der Waals surface area (Å²) in [6.45, 7) is -0.710. The second-order valence-corrected chi connectivity index (χ2v) is 7.13. The molecule has 28 heavy (non-hydrogen) atoms. The zero-order chi connectivity index (χ0) is 19.3. The Labute approximate surface area is 160 Å². The maximum Gasteiger partial charge on any atom is 0.305 e. The first kappa shape index (κ1) is 16.7. The van der Waals surface area contributed by atoms with Crippen LogP contribution >= 0.6 is 11.3 Å². The predicted octanol–water partition coefficient (Wildman–Crippen LogP) is 3.99. The number of imidazole rings is 1. The van der Waals surface area contributed by atoms with Gasteiger partial charge in [0.05, 0.1) is 21.6 Å². The van der Waals surface area contributed by atoms with E-state index in [1.54, 1.807) is 34.9 Å². The van der Waals surface area contributed by atoms with Crippen molar-refractivity contribution in [3.05, 3.63) is 70.0 Å². The monoisotopic (exact) mass is 395 g/mol. The molecule has 4 aromatic heterocycles. The number of pyridine rings is 2. The number of rotatable bonds is 3. The first-order valence-electron chi connectivity index (χ1n) is 8.32. The number of H-pyrrole nitrogens is 1. The first-order valence-corrected chi connectivity index (χ1v) is 9.13. The molecule has 1 aromatic carbocycles. The average Bonchev–Trinajstić information content (AvgIpc) is 3.26. The number of thiazole rings is 1. The Morgan fingerprint density at radius 2 is 2.00 bits per heavy atom. The number of nitrogens with one attached hydrogen (secondary N) is 1. The lowest BCUT2D eigenvalue weighted by Crippen LogP contribution is -2.00. The van der Waals surface area contributed by atoms with E-state index in [1.807, 2.05) is 6.07 Å². The van der Waals surface area contributed by atoms with Crippen LogP contribution in [0.1, 0.15) is 5.69 Å². The molecule has 0 aliphatic carbocycles. The molecule has 1 N–H and O–H groups in total. The average molecular weight is 395 g/mol. The van der Waals surface area contributed by atoms with E-state index in [1.165, 1.54) is 12.3 Å². The van der Waals surface area contributed by atoms with Crippen LogP contribution in [0.4, 0.5) is 8.78 Å². The van der Waals surface area contributed by atoms with Gasteiger partial charge in [0.2, 0.25) is 5.95 Å². The van der Waals surface area contributed by atoms with Crippen molar-refractivity contribution >= 4 is 32.7 Å². The zero-order valence-corrected chi connectivity index (χ0v) is 15.0. The van der Waals surface area contributed by atoms with Gasteiger partial charge in [-0.3, -0.25) is 9.36 Å². The molecule has 9 heteroatoms. The van der Waals surface area contributed by atoms with Crippen LogP contribution in [-0.4, -0.2) is 24.5 Å². The topological polar surface area (TPSA) is 76.5 Å². The van der Waals surface area contributed by atoms with Gasteiger partial charge >= 0.3 is 4.87 Å². The van der Waals surface area contributed by atoms with E-state index in [2.05, 4.69) is 19.9 Å². The van der Waals surface area contributed by atoms with E-state index >= 15 is 0 Å². The van der Waals surface area contributed by atoms with Crippen LogP contribution in [-0.2, 0) is 6.67 Å². The fourth-order valence-electron chi connectivity index (χ4n) is 3.12. The summed E-state index contributed by atoms with van der Waals surface area (Å²) in [6, 6.07) is 11.6. The van der Waals surface area contributed by atoms with Gasteiger partial charge < -0.3 is 4.98 Å². The van der Waals surface area contributed by atoms with Gasteiger partial charge in [-0.2, -0.15) is 4.39 Å². The first-order chi connectivity index (χ1) is 13.6. The van der Waals surface area contributed by atoms with E-state index in [9.17, 15) is 13.6 Å². The van der Waals surface area contributed by atoms with Crippen LogP contribution in [0.3, 0.4) is 0 Å². The van der Waals surface area contributed by atoms with Crippen molar-refractivity contribution in [3.8, 4) is 17.1 Å². The molecule has 0 bridgehead atoms. The summed E-state index contributed by atoms with van der Waals surface area (Å²) in [4.78, 5) is 26.8. The Morgan fingerprint density at radius 1 is 1.11 bits per heavy atom. The highest BCUT2D eigenvalue weighted by Crippen LogP contribution is 2.30. The van der Waals surface area contributed by atoms with Crippen LogP contribution in [0, 0.1) is 5.95 Å². The second kappa shape index (κ2) is 6.31. The molecule has 0 unspecified atom stereocenters. The largest absolute Gasteiger partial charge is 0.312 e. The minimum absolute atomic E-state index is 0.156. The molecule has 0 spiro atoms. The SMILES string of the molecule is O=c1[nH]c2ccc(-n3c(-c4ccnc(F)c4)nc4ccc(CF)nc43)cc2s1. The van der Waals surface area contributed by atoms with Gasteiger partial charge in [-0.05, 0) is 36.4 Å². The van der Waals surface area contributed by atoms with E-state index in [0.29, 0.717) is 28.2 Å². The van der Waals surface area contributed by atoms with Crippen molar-refractivity contribution in [2.75, 3.05) is 0 Å². The van der Waals surface area contributed by atoms with Gasteiger partial charge in [-0.25, -0.2) is 19.3 Å². The summed E-state index contributed by atoms with van der Waals surface area (Å²) in [5.41, 5.74) is 3.18. The van der Waals surface area contributed by atoms with E-state index in [0.717, 1.165) is 21.6 Å². The molecule has 0 amide bonds. The van der Waals surface area contributed by atoms with Crippen molar-refractivity contribution in [1.82, 2.24) is 24.5 Å². The van der Waals surface area contributed by atoms with Gasteiger partial charge in [0, 0.05) is 17.8 Å². The lowest BCUT2D eigenvalue weighted by molar-refractivity contribution is 0.477. The number of alkyl halides is 1. The summed E-state index contributed by atoms with van der Waals surface area (Å²) in [5, 5.41) is 0. The fourth-order valence-corrected chi connectivity index (χ4v) is 3.89. The van der Waals surface area contributed by atoms with Crippen molar-refractivity contribution in [2.24, 2.45) is 0 Å². The molecule has 0 aliphatic heterocycles. The summed E-state index contributed by atoms with van der Waals surface area (Å²) in [5.74, 6) is -0.185. The van der Waals surface area contributed by atoms with Gasteiger partial charge in [0.25, 0.3) is 0 Å². The lowest BCUT2D eigenvalue weighted by Gasteiger charge is -2.09. The molecule has 6 nitrogen and oxygen atoms in total. The number of benzene rings is 1. The second-order valence-electron chi connectivity index (χ2n) is 6.11. The summed E-state index contributed by atoms with van der Waals surface area (Å²) < 4.78 is 29.4. The molecule has 5 rings (SSSR count). The quantitative estimate of drug-likeness (QED) is 0.469. The molecule has 0 radical (unpaired) electrons. The molecule has 0 aliphatic rings. The molecule has 0 saturated carbocycles. The minimum atomic E-state index is -0.710. The van der Waals surface area contributed by atoms with Gasteiger partial charge in [-0.1, -0.05) is 11.3 Å². The van der Waals surface area contributed by atoms with Crippen LogP contribution < -0.4 is 4.87 Å². The molecule has 4 heterocycles. The third-order valence-electron chi connectivity index (χ3n) is 4.35. The van der Waals surface area contributed by atoms with Crippen molar-refractivity contribution < 1.29 is 8.78 Å². The Bertz CT molecular complexity index is 1400. The molecular weight excluding hydrogens is 384 g/mol. The number of nitrogens with zero attached hydrogens (tertiary/aromatic N) is 4. The maximum atomic E-state index is 13.7. The Kier molecular flexibility index (Phi) is 3.76. The zero-order valence-electron chi connectivity index (χ0n) is 14.2. The Morgan fingerprint density at radius 3 is 2.82 bits per heavy atom. The summed E-state index contributed by atoms with van der Waals surface area (Å²) in [7, 11) is 0. The normalized spacial score (nSPS) is 11.5. The summed E-state index contributed by atoms with van der Waals surface area (Å²) in [6.07, 6.45) is 1.36. The third kappa shape index (κ3) is 2.67. The van der Waals surface area contributed by atoms with Crippen LogP contribution in [0.25, 0.3) is 38.5 Å². The molecule has 5 aromatic rings. The van der Waals surface area contributed by atoms with Crippen LogP contribution in [0.2, 0.25) is 0 Å². The smallest absolute Gasteiger partial charge is 0.305 e. The number of hydrogen-bond donors (Lipinski definition) is 1. The van der Waals surface area contributed by atoms with E-state index in [-0.39, 0.29) is 10.6 Å². The van der Waals surface area contributed by atoms with E-state index in [4.69, 9.17) is 0 Å². The highest BCUT2D eigenvalue weighted by atomic mass is 32.1. The van der Waals surface area contributed by atoms with Crippen molar-refractivity contribution in [2.45, 2.75) is 6.67 Å². The van der Waals surface area contributed by atoms with Crippen LogP contribution in [0.5, 0.6) is 0 Å². The molecular formula is C19H11F2N5OS. The highest BCUT2D eigenvalue weighted by Gasteiger charge is 2.17. The van der Waals surface area contributed by atoms with Crippen LogP contribution in [0.15, 0.2) is 53.5 Å².